The number of rotatable bonds is 6. The molecular formula is C18H20O3. The summed E-state index contributed by atoms with van der Waals surface area (Å²) in [6.07, 6.45) is 6.84. The van der Waals surface area contributed by atoms with E-state index in [-0.39, 0.29) is 17.5 Å². The van der Waals surface area contributed by atoms with Gasteiger partial charge in [-0.2, -0.15) is 0 Å². The summed E-state index contributed by atoms with van der Waals surface area (Å²) < 4.78 is 5.09. The van der Waals surface area contributed by atoms with E-state index in [9.17, 15) is 9.59 Å². The molecule has 1 aromatic rings. The average Bonchev–Trinajstić information content (AvgIpc) is 3.01. The Morgan fingerprint density at radius 3 is 2.33 bits per heavy atom. The Balaban J connectivity index is 2.24. The lowest BCUT2D eigenvalue weighted by molar-refractivity contribution is -0.120. The molecule has 2 atom stereocenters. The third-order valence-corrected chi connectivity index (χ3v) is 3.98. The molecule has 1 aromatic carbocycles. The Hall–Kier alpha value is -2.16. The van der Waals surface area contributed by atoms with Crippen LogP contribution in [0.2, 0.25) is 0 Å². The van der Waals surface area contributed by atoms with Gasteiger partial charge in [0.05, 0.1) is 13.0 Å². The highest BCUT2D eigenvalue weighted by molar-refractivity contribution is 6.10. The number of carbonyl (C=O) groups is 2. The Morgan fingerprint density at radius 1 is 1.19 bits per heavy atom. The van der Waals surface area contributed by atoms with Crippen LogP contribution in [0.4, 0.5) is 0 Å². The molecule has 0 saturated heterocycles. The SMILES string of the molecule is COc1ccc(C(=O)C(C(C)=O)C(C)C2=CC=CC2)cc1. The number of allylic oxidation sites excluding steroid dienone is 4. The van der Waals surface area contributed by atoms with Crippen molar-refractivity contribution >= 4 is 11.6 Å². The second-order valence-corrected chi connectivity index (χ2v) is 5.34. The van der Waals surface area contributed by atoms with E-state index in [2.05, 4.69) is 0 Å². The van der Waals surface area contributed by atoms with E-state index in [0.29, 0.717) is 11.3 Å². The third kappa shape index (κ3) is 3.30. The van der Waals surface area contributed by atoms with E-state index in [1.165, 1.54) is 6.92 Å². The van der Waals surface area contributed by atoms with Crippen molar-refractivity contribution in [1.29, 1.82) is 0 Å². The van der Waals surface area contributed by atoms with E-state index >= 15 is 0 Å². The highest BCUT2D eigenvalue weighted by Crippen LogP contribution is 2.30. The monoisotopic (exact) mass is 284 g/mol. The van der Waals surface area contributed by atoms with Crippen molar-refractivity contribution in [3.8, 4) is 5.75 Å². The van der Waals surface area contributed by atoms with Gasteiger partial charge in [0.1, 0.15) is 11.5 Å². The van der Waals surface area contributed by atoms with Crippen molar-refractivity contribution < 1.29 is 14.3 Å². The van der Waals surface area contributed by atoms with Gasteiger partial charge >= 0.3 is 0 Å². The molecule has 2 rings (SSSR count). The van der Waals surface area contributed by atoms with Gasteiger partial charge < -0.3 is 4.74 Å². The van der Waals surface area contributed by atoms with Crippen LogP contribution >= 0.6 is 0 Å². The van der Waals surface area contributed by atoms with Crippen molar-refractivity contribution in [2.24, 2.45) is 11.8 Å². The van der Waals surface area contributed by atoms with E-state index in [1.807, 2.05) is 25.2 Å². The minimum absolute atomic E-state index is 0.0768. The molecule has 0 aromatic heterocycles. The normalized spacial score (nSPS) is 16.2. The lowest BCUT2D eigenvalue weighted by Gasteiger charge is -2.22. The van der Waals surface area contributed by atoms with E-state index in [1.54, 1.807) is 31.4 Å². The number of hydrogen-bond donors (Lipinski definition) is 0. The van der Waals surface area contributed by atoms with Gasteiger partial charge in [0.2, 0.25) is 0 Å². The van der Waals surface area contributed by atoms with E-state index in [0.717, 1.165) is 12.0 Å². The molecule has 3 nitrogen and oxygen atoms in total. The summed E-state index contributed by atoms with van der Waals surface area (Å²) in [6, 6.07) is 6.91. The molecule has 0 amide bonds. The first-order valence-corrected chi connectivity index (χ1v) is 7.09. The molecule has 3 heteroatoms. The first kappa shape index (κ1) is 15.2. The highest BCUT2D eigenvalue weighted by atomic mass is 16.5. The largest absolute Gasteiger partial charge is 0.497 e. The molecule has 0 aliphatic heterocycles. The van der Waals surface area contributed by atoms with Crippen LogP contribution in [-0.2, 0) is 4.79 Å². The maximum Gasteiger partial charge on any atom is 0.173 e. The van der Waals surface area contributed by atoms with Gasteiger partial charge in [-0.15, -0.1) is 0 Å². The molecule has 0 N–H and O–H groups in total. The molecule has 0 fully saturated rings. The number of ketones is 2. The number of methoxy groups -OCH3 is 1. The van der Waals surface area contributed by atoms with Crippen LogP contribution in [0, 0.1) is 11.8 Å². The Labute approximate surface area is 125 Å². The minimum atomic E-state index is -0.621. The fraction of sp³-hybridized carbons (Fsp3) is 0.333. The van der Waals surface area contributed by atoms with Crippen LogP contribution in [0.3, 0.4) is 0 Å². The predicted molar refractivity (Wildman–Crippen MR) is 82.5 cm³/mol. The standard InChI is InChI=1S/C18H20O3/c1-12(14-6-4-5-7-14)17(13(2)19)18(20)15-8-10-16(21-3)11-9-15/h4-6,8-12,17H,7H2,1-3H3. The van der Waals surface area contributed by atoms with Gasteiger partial charge in [-0.05, 0) is 43.5 Å². The predicted octanol–water partition coefficient (Wildman–Crippen LogP) is 3.61. The maximum absolute atomic E-state index is 12.7. The van der Waals surface area contributed by atoms with Crippen molar-refractivity contribution in [2.45, 2.75) is 20.3 Å². The number of Topliss-reactive ketones (excluding diaryl/α,β-unsaturated/α-hetero) is 2. The second-order valence-electron chi connectivity index (χ2n) is 5.34. The van der Waals surface area contributed by atoms with Gasteiger partial charge in [0.25, 0.3) is 0 Å². The Bertz CT molecular complexity index is 593. The summed E-state index contributed by atoms with van der Waals surface area (Å²) in [5.41, 5.74) is 1.69. The maximum atomic E-state index is 12.7. The lowest BCUT2D eigenvalue weighted by Crippen LogP contribution is -2.29. The number of ether oxygens (including phenoxy) is 1. The summed E-state index contributed by atoms with van der Waals surface area (Å²) in [5, 5.41) is 0. The molecular weight excluding hydrogens is 264 g/mol. The van der Waals surface area contributed by atoms with Crippen molar-refractivity contribution in [1.82, 2.24) is 0 Å². The molecule has 0 saturated carbocycles. The zero-order chi connectivity index (χ0) is 15.4. The van der Waals surface area contributed by atoms with Crippen LogP contribution in [0.1, 0.15) is 30.6 Å². The zero-order valence-electron chi connectivity index (χ0n) is 12.6. The smallest absolute Gasteiger partial charge is 0.173 e. The van der Waals surface area contributed by atoms with Crippen molar-refractivity contribution in [3.05, 3.63) is 53.6 Å². The van der Waals surface area contributed by atoms with Crippen LogP contribution in [-0.4, -0.2) is 18.7 Å². The van der Waals surface area contributed by atoms with Crippen LogP contribution < -0.4 is 4.74 Å². The quantitative estimate of drug-likeness (QED) is 0.592. The Morgan fingerprint density at radius 2 is 1.86 bits per heavy atom. The summed E-state index contributed by atoms with van der Waals surface area (Å²) in [4.78, 5) is 24.7. The fourth-order valence-electron chi connectivity index (χ4n) is 2.71. The first-order chi connectivity index (χ1) is 10.0. The molecule has 21 heavy (non-hydrogen) atoms. The summed E-state index contributed by atoms with van der Waals surface area (Å²) >= 11 is 0. The van der Waals surface area contributed by atoms with Crippen molar-refractivity contribution in [2.75, 3.05) is 7.11 Å². The summed E-state index contributed by atoms with van der Waals surface area (Å²) in [5.74, 6) is -0.208. The first-order valence-electron chi connectivity index (χ1n) is 7.09. The molecule has 110 valence electrons. The van der Waals surface area contributed by atoms with Gasteiger partial charge in [-0.25, -0.2) is 0 Å². The Kier molecular flexibility index (Phi) is 4.73. The third-order valence-electron chi connectivity index (χ3n) is 3.98. The van der Waals surface area contributed by atoms with Gasteiger partial charge in [-0.1, -0.05) is 30.7 Å². The van der Waals surface area contributed by atoms with Crippen LogP contribution in [0.5, 0.6) is 5.75 Å². The number of hydrogen-bond acceptors (Lipinski definition) is 3. The molecule has 1 aliphatic rings. The molecule has 2 unspecified atom stereocenters. The minimum Gasteiger partial charge on any atom is -0.497 e. The molecule has 0 heterocycles. The molecule has 0 spiro atoms. The summed E-state index contributed by atoms with van der Waals surface area (Å²) in [6.45, 7) is 3.44. The summed E-state index contributed by atoms with van der Waals surface area (Å²) in [7, 11) is 1.58. The van der Waals surface area contributed by atoms with Gasteiger partial charge in [0, 0.05) is 5.56 Å². The highest BCUT2D eigenvalue weighted by Gasteiger charge is 2.32. The zero-order valence-corrected chi connectivity index (χ0v) is 12.6. The molecule has 0 radical (unpaired) electrons. The topological polar surface area (TPSA) is 43.4 Å². The molecule has 0 bridgehead atoms. The van der Waals surface area contributed by atoms with Gasteiger partial charge in [-0.3, -0.25) is 9.59 Å². The van der Waals surface area contributed by atoms with Gasteiger partial charge in [0.15, 0.2) is 5.78 Å². The average molecular weight is 284 g/mol. The van der Waals surface area contributed by atoms with E-state index < -0.39 is 5.92 Å². The fourth-order valence-corrected chi connectivity index (χ4v) is 2.71. The second kappa shape index (κ2) is 6.53. The number of carbonyl (C=O) groups excluding carboxylic acids is 2. The van der Waals surface area contributed by atoms with Crippen LogP contribution in [0.25, 0.3) is 0 Å². The number of benzene rings is 1. The van der Waals surface area contributed by atoms with Crippen LogP contribution in [0.15, 0.2) is 48.1 Å². The van der Waals surface area contributed by atoms with E-state index in [4.69, 9.17) is 4.74 Å². The van der Waals surface area contributed by atoms with Crippen molar-refractivity contribution in [3.63, 3.8) is 0 Å². The lowest BCUT2D eigenvalue weighted by atomic mass is 9.79. The molecule has 1 aliphatic carbocycles.